The van der Waals surface area contributed by atoms with Crippen molar-refractivity contribution in [2.45, 2.75) is 0 Å². The highest BCUT2D eigenvalue weighted by Crippen LogP contribution is 2.08. The van der Waals surface area contributed by atoms with Crippen LogP contribution in [0.15, 0.2) is 24.3 Å². The first-order valence-corrected chi connectivity index (χ1v) is 5.76. The van der Waals surface area contributed by atoms with Crippen molar-refractivity contribution < 1.29 is 9.59 Å². The van der Waals surface area contributed by atoms with Crippen LogP contribution in [-0.2, 0) is 0 Å². The van der Waals surface area contributed by atoms with Crippen molar-refractivity contribution in [3.05, 3.63) is 35.4 Å². The zero-order chi connectivity index (χ0) is 13.4. The molecule has 1 aromatic rings. The number of carbonyl (C=O) groups is 2. The smallest absolute Gasteiger partial charge is 0.252 e. The van der Waals surface area contributed by atoms with Crippen molar-refractivity contribution in [1.82, 2.24) is 10.6 Å². The first-order chi connectivity index (χ1) is 8.70. The molecule has 0 radical (unpaired) electrons. The van der Waals surface area contributed by atoms with Gasteiger partial charge in [0.05, 0.1) is 11.1 Å². The Balaban J connectivity index is 0.00000324. The van der Waals surface area contributed by atoms with Gasteiger partial charge in [0.1, 0.15) is 0 Å². The fourth-order valence-electron chi connectivity index (χ4n) is 1.44. The standard InChI is InChI=1S/C12H18N4O2.ClH/c13-5-7-15-11(17)9-3-1-2-4-10(9)12(18)16-8-6-14;/h1-4H,5-8,13-14H2,(H,15,17)(H,16,18);1H. The Bertz CT molecular complexity index is 387. The predicted octanol–water partition coefficient (Wildman–Crippen LogP) is -0.515. The van der Waals surface area contributed by atoms with Gasteiger partial charge in [-0.05, 0) is 12.1 Å². The molecule has 0 saturated heterocycles. The minimum Gasteiger partial charge on any atom is -0.351 e. The fourth-order valence-corrected chi connectivity index (χ4v) is 1.44. The number of benzene rings is 1. The SMILES string of the molecule is Cl.NCCNC(=O)c1ccccc1C(=O)NCCN. The van der Waals surface area contributed by atoms with Gasteiger partial charge in [-0.2, -0.15) is 0 Å². The molecule has 0 unspecified atom stereocenters. The minimum absolute atomic E-state index is 0. The summed E-state index contributed by atoms with van der Waals surface area (Å²) in [5, 5.41) is 5.26. The molecule has 6 nitrogen and oxygen atoms in total. The largest absolute Gasteiger partial charge is 0.351 e. The van der Waals surface area contributed by atoms with Gasteiger partial charge in [-0.1, -0.05) is 12.1 Å². The zero-order valence-electron chi connectivity index (χ0n) is 10.5. The summed E-state index contributed by atoms with van der Waals surface area (Å²) in [4.78, 5) is 23.7. The van der Waals surface area contributed by atoms with E-state index in [-0.39, 0.29) is 24.2 Å². The van der Waals surface area contributed by atoms with E-state index in [1.54, 1.807) is 24.3 Å². The summed E-state index contributed by atoms with van der Waals surface area (Å²) >= 11 is 0. The molecule has 1 aromatic carbocycles. The fraction of sp³-hybridized carbons (Fsp3) is 0.333. The summed E-state index contributed by atoms with van der Waals surface area (Å²) in [7, 11) is 0. The van der Waals surface area contributed by atoms with E-state index in [2.05, 4.69) is 10.6 Å². The van der Waals surface area contributed by atoms with Crippen molar-refractivity contribution >= 4 is 24.2 Å². The molecule has 0 aliphatic carbocycles. The molecule has 19 heavy (non-hydrogen) atoms. The summed E-state index contributed by atoms with van der Waals surface area (Å²) in [6.07, 6.45) is 0. The maximum Gasteiger partial charge on any atom is 0.252 e. The molecule has 6 N–H and O–H groups in total. The highest BCUT2D eigenvalue weighted by atomic mass is 35.5. The molecule has 0 saturated carbocycles. The van der Waals surface area contributed by atoms with Crippen LogP contribution in [0, 0.1) is 0 Å². The van der Waals surface area contributed by atoms with E-state index in [9.17, 15) is 9.59 Å². The summed E-state index contributed by atoms with van der Waals surface area (Å²) in [5.74, 6) is -0.613. The monoisotopic (exact) mass is 286 g/mol. The van der Waals surface area contributed by atoms with Crippen LogP contribution in [0.5, 0.6) is 0 Å². The van der Waals surface area contributed by atoms with Gasteiger partial charge in [0.15, 0.2) is 0 Å². The van der Waals surface area contributed by atoms with Crippen molar-refractivity contribution in [2.24, 2.45) is 11.5 Å². The Morgan fingerprint density at radius 2 is 1.26 bits per heavy atom. The Hall–Kier alpha value is -1.63. The third-order valence-electron chi connectivity index (χ3n) is 2.28. The normalized spacial score (nSPS) is 9.37. The highest BCUT2D eigenvalue weighted by molar-refractivity contribution is 6.07. The third kappa shape index (κ3) is 5.25. The average molecular weight is 287 g/mol. The van der Waals surface area contributed by atoms with Gasteiger partial charge in [0, 0.05) is 26.2 Å². The number of hydrogen-bond donors (Lipinski definition) is 4. The number of rotatable bonds is 6. The summed E-state index contributed by atoms with van der Waals surface area (Å²) < 4.78 is 0. The molecule has 0 aliphatic rings. The van der Waals surface area contributed by atoms with Gasteiger partial charge in [0.25, 0.3) is 11.8 Å². The lowest BCUT2D eigenvalue weighted by Crippen LogP contribution is -2.33. The van der Waals surface area contributed by atoms with Crippen LogP contribution < -0.4 is 22.1 Å². The van der Waals surface area contributed by atoms with Crippen LogP contribution in [0.2, 0.25) is 0 Å². The predicted molar refractivity (Wildman–Crippen MR) is 76.5 cm³/mol. The summed E-state index contributed by atoms with van der Waals surface area (Å²) in [5.41, 5.74) is 11.3. The van der Waals surface area contributed by atoms with Gasteiger partial charge >= 0.3 is 0 Å². The Labute approximate surface area is 118 Å². The maximum absolute atomic E-state index is 11.8. The van der Waals surface area contributed by atoms with Crippen LogP contribution in [0.1, 0.15) is 20.7 Å². The number of halogens is 1. The van der Waals surface area contributed by atoms with E-state index in [1.807, 2.05) is 0 Å². The van der Waals surface area contributed by atoms with Gasteiger partial charge in [-0.15, -0.1) is 12.4 Å². The van der Waals surface area contributed by atoms with Gasteiger partial charge < -0.3 is 22.1 Å². The topological polar surface area (TPSA) is 110 Å². The van der Waals surface area contributed by atoms with Crippen LogP contribution in [-0.4, -0.2) is 38.0 Å². The maximum atomic E-state index is 11.8. The van der Waals surface area contributed by atoms with Gasteiger partial charge in [0.2, 0.25) is 0 Å². The van der Waals surface area contributed by atoms with E-state index >= 15 is 0 Å². The van der Waals surface area contributed by atoms with E-state index < -0.39 is 0 Å². The lowest BCUT2D eigenvalue weighted by molar-refractivity contribution is 0.0920. The summed E-state index contributed by atoms with van der Waals surface area (Å²) in [6, 6.07) is 6.61. The van der Waals surface area contributed by atoms with Crippen LogP contribution >= 0.6 is 12.4 Å². The molecule has 0 aromatic heterocycles. The molecular weight excluding hydrogens is 268 g/mol. The Kier molecular flexibility index (Phi) is 8.52. The second-order valence-electron chi connectivity index (χ2n) is 3.63. The van der Waals surface area contributed by atoms with Crippen molar-refractivity contribution in [3.8, 4) is 0 Å². The molecule has 106 valence electrons. The zero-order valence-corrected chi connectivity index (χ0v) is 11.3. The van der Waals surface area contributed by atoms with Crippen LogP contribution in [0.3, 0.4) is 0 Å². The second kappa shape index (κ2) is 9.32. The molecule has 0 heterocycles. The lowest BCUT2D eigenvalue weighted by atomic mass is 10.1. The lowest BCUT2D eigenvalue weighted by Gasteiger charge is -2.09. The molecule has 0 atom stereocenters. The number of nitrogens with one attached hydrogen (secondary N) is 2. The number of carbonyl (C=O) groups excluding carboxylic acids is 2. The molecule has 0 spiro atoms. The quantitative estimate of drug-likeness (QED) is 0.564. The highest BCUT2D eigenvalue weighted by Gasteiger charge is 2.15. The van der Waals surface area contributed by atoms with Crippen LogP contribution in [0.25, 0.3) is 0 Å². The second-order valence-corrected chi connectivity index (χ2v) is 3.63. The number of amides is 2. The van der Waals surface area contributed by atoms with E-state index in [0.29, 0.717) is 37.3 Å². The van der Waals surface area contributed by atoms with Crippen molar-refractivity contribution in [3.63, 3.8) is 0 Å². The molecule has 0 aliphatic heterocycles. The van der Waals surface area contributed by atoms with E-state index in [4.69, 9.17) is 11.5 Å². The van der Waals surface area contributed by atoms with Crippen molar-refractivity contribution in [1.29, 1.82) is 0 Å². The Morgan fingerprint density at radius 1 is 0.895 bits per heavy atom. The Morgan fingerprint density at radius 3 is 1.58 bits per heavy atom. The first-order valence-electron chi connectivity index (χ1n) is 5.76. The molecule has 7 heteroatoms. The summed E-state index contributed by atoms with van der Waals surface area (Å²) in [6.45, 7) is 1.45. The average Bonchev–Trinajstić information content (AvgIpc) is 2.42. The first kappa shape index (κ1) is 17.4. The van der Waals surface area contributed by atoms with E-state index in [0.717, 1.165) is 0 Å². The van der Waals surface area contributed by atoms with Gasteiger partial charge in [-0.3, -0.25) is 9.59 Å². The molecule has 2 amide bonds. The molecule has 0 fully saturated rings. The third-order valence-corrected chi connectivity index (χ3v) is 2.28. The minimum atomic E-state index is -0.307. The van der Waals surface area contributed by atoms with Crippen LogP contribution in [0.4, 0.5) is 0 Å². The molecule has 0 bridgehead atoms. The molecular formula is C12H19ClN4O2. The van der Waals surface area contributed by atoms with E-state index in [1.165, 1.54) is 0 Å². The number of hydrogen-bond acceptors (Lipinski definition) is 4. The van der Waals surface area contributed by atoms with Crippen molar-refractivity contribution in [2.75, 3.05) is 26.2 Å². The van der Waals surface area contributed by atoms with Gasteiger partial charge in [-0.25, -0.2) is 0 Å². The number of nitrogens with two attached hydrogens (primary N) is 2. The molecule has 1 rings (SSSR count).